The highest BCUT2D eigenvalue weighted by molar-refractivity contribution is 6.55. The molecule has 0 radical (unpaired) electrons. The Labute approximate surface area is 204 Å². The van der Waals surface area contributed by atoms with Gasteiger partial charge >= 0.3 is 5.97 Å². The number of amides is 2. The van der Waals surface area contributed by atoms with E-state index in [0.717, 1.165) is 4.90 Å². The quantitative estimate of drug-likeness (QED) is 0.104. The predicted molar refractivity (Wildman–Crippen MR) is 122 cm³/mol. The molecular formula is C22H17Cl4NO5. The van der Waals surface area contributed by atoms with Gasteiger partial charge in [0.2, 0.25) is 0 Å². The molecule has 1 aliphatic rings. The number of nitrogens with zero attached hydrogens (tertiary/aromatic N) is 1. The van der Waals surface area contributed by atoms with Crippen molar-refractivity contribution in [2.75, 3.05) is 13.2 Å². The van der Waals surface area contributed by atoms with Crippen molar-refractivity contribution in [1.29, 1.82) is 0 Å². The number of carbonyl (C=O) groups excluding carboxylic acids is 4. The molecule has 0 aromatic heterocycles. The van der Waals surface area contributed by atoms with Crippen LogP contribution in [0.25, 0.3) is 0 Å². The number of imide groups is 1. The van der Waals surface area contributed by atoms with Gasteiger partial charge in [-0.3, -0.25) is 24.1 Å². The van der Waals surface area contributed by atoms with Gasteiger partial charge in [0, 0.05) is 18.5 Å². The van der Waals surface area contributed by atoms with E-state index in [9.17, 15) is 19.2 Å². The lowest BCUT2D eigenvalue weighted by Gasteiger charge is -2.13. The van der Waals surface area contributed by atoms with Crippen LogP contribution in [0.15, 0.2) is 30.3 Å². The summed E-state index contributed by atoms with van der Waals surface area (Å²) in [5.41, 5.74) is 0.370. The SMILES string of the molecule is O=C(CCCCCN1C(=O)c2c(Cl)c(Cl)c(Cl)c(Cl)c2C1=O)OCC(=O)c1ccccc1. The number of unbranched alkanes of at least 4 members (excludes halogenated alkanes) is 2. The maximum Gasteiger partial charge on any atom is 0.306 e. The van der Waals surface area contributed by atoms with E-state index in [1.807, 2.05) is 0 Å². The molecule has 0 atom stereocenters. The van der Waals surface area contributed by atoms with Gasteiger partial charge in [0.05, 0.1) is 31.2 Å². The first-order valence-corrected chi connectivity index (χ1v) is 11.2. The number of Topliss-reactive ketones (excluding diaryl/α,β-unsaturated/α-hetero) is 1. The van der Waals surface area contributed by atoms with Crippen molar-refractivity contribution in [1.82, 2.24) is 4.90 Å². The summed E-state index contributed by atoms with van der Waals surface area (Å²) in [5, 5.41) is -0.372. The molecule has 32 heavy (non-hydrogen) atoms. The lowest BCUT2D eigenvalue weighted by Crippen LogP contribution is -2.30. The lowest BCUT2D eigenvalue weighted by molar-refractivity contribution is -0.142. The fraction of sp³-hybridized carbons (Fsp3) is 0.273. The summed E-state index contributed by atoms with van der Waals surface area (Å²) in [5.74, 6) is -1.94. The Morgan fingerprint density at radius 3 is 1.91 bits per heavy atom. The Morgan fingerprint density at radius 1 is 0.781 bits per heavy atom. The van der Waals surface area contributed by atoms with E-state index in [4.69, 9.17) is 51.1 Å². The molecule has 0 N–H and O–H groups in total. The first kappa shape index (κ1) is 24.5. The second-order valence-electron chi connectivity index (χ2n) is 7.03. The molecule has 2 aromatic carbocycles. The summed E-state index contributed by atoms with van der Waals surface area (Å²) in [6.07, 6.45) is 1.60. The summed E-state index contributed by atoms with van der Waals surface area (Å²) in [7, 11) is 0. The number of rotatable bonds is 9. The Hall–Kier alpha value is -2.12. The number of hydrogen-bond donors (Lipinski definition) is 0. The first-order chi connectivity index (χ1) is 15.2. The molecule has 3 rings (SSSR count). The molecule has 10 heteroatoms. The maximum atomic E-state index is 12.6. The van der Waals surface area contributed by atoms with Gasteiger partial charge in [-0.05, 0) is 12.8 Å². The number of esters is 1. The minimum Gasteiger partial charge on any atom is -0.457 e. The van der Waals surface area contributed by atoms with E-state index in [0.29, 0.717) is 24.8 Å². The average Bonchev–Trinajstić information content (AvgIpc) is 3.04. The van der Waals surface area contributed by atoms with Crippen molar-refractivity contribution in [3.8, 4) is 0 Å². The fourth-order valence-electron chi connectivity index (χ4n) is 3.24. The van der Waals surface area contributed by atoms with Crippen LogP contribution in [0.2, 0.25) is 20.1 Å². The second-order valence-corrected chi connectivity index (χ2v) is 8.54. The van der Waals surface area contributed by atoms with Gasteiger partial charge in [-0.1, -0.05) is 83.2 Å². The highest BCUT2D eigenvalue weighted by atomic mass is 35.5. The summed E-state index contributed by atoms with van der Waals surface area (Å²) >= 11 is 24.2. The van der Waals surface area contributed by atoms with Crippen LogP contribution in [-0.4, -0.2) is 41.6 Å². The fourth-order valence-corrected chi connectivity index (χ4v) is 4.25. The van der Waals surface area contributed by atoms with E-state index in [2.05, 4.69) is 0 Å². The van der Waals surface area contributed by atoms with Crippen molar-refractivity contribution in [2.24, 2.45) is 0 Å². The molecule has 0 aliphatic carbocycles. The first-order valence-electron chi connectivity index (χ1n) is 9.70. The third-order valence-electron chi connectivity index (χ3n) is 4.91. The Bertz CT molecular complexity index is 1040. The van der Waals surface area contributed by atoms with Crippen LogP contribution in [0.4, 0.5) is 0 Å². The highest BCUT2D eigenvalue weighted by Crippen LogP contribution is 2.44. The van der Waals surface area contributed by atoms with E-state index in [1.54, 1.807) is 30.3 Å². The van der Waals surface area contributed by atoms with E-state index in [-0.39, 0.29) is 56.6 Å². The normalized spacial score (nSPS) is 12.8. The molecule has 0 fully saturated rings. The van der Waals surface area contributed by atoms with E-state index >= 15 is 0 Å². The molecule has 0 saturated heterocycles. The van der Waals surface area contributed by atoms with E-state index < -0.39 is 17.8 Å². The molecule has 2 amide bonds. The van der Waals surface area contributed by atoms with Gasteiger partial charge in [-0.25, -0.2) is 0 Å². The van der Waals surface area contributed by atoms with Gasteiger partial charge in [0.25, 0.3) is 11.8 Å². The molecule has 168 valence electrons. The monoisotopic (exact) mass is 515 g/mol. The smallest absolute Gasteiger partial charge is 0.306 e. The topological polar surface area (TPSA) is 80.8 Å². The van der Waals surface area contributed by atoms with E-state index in [1.165, 1.54) is 0 Å². The third-order valence-corrected chi connectivity index (χ3v) is 6.71. The number of ketones is 1. The number of fused-ring (bicyclic) bond motifs is 1. The molecule has 0 unspecified atom stereocenters. The standard InChI is InChI=1S/C22H17Cl4NO5/c23-17-15-16(18(24)20(26)19(17)25)22(31)27(21(15)30)10-6-2-5-9-14(29)32-11-13(28)12-7-3-1-4-8-12/h1,3-4,7-8H,2,5-6,9-11H2. The second kappa shape index (κ2) is 10.7. The minimum atomic E-state index is -0.589. The van der Waals surface area contributed by atoms with Gasteiger partial charge in [-0.2, -0.15) is 0 Å². The van der Waals surface area contributed by atoms with Crippen LogP contribution in [0.5, 0.6) is 0 Å². The van der Waals surface area contributed by atoms with Gasteiger partial charge < -0.3 is 4.74 Å². The average molecular weight is 517 g/mol. The zero-order valence-electron chi connectivity index (χ0n) is 16.6. The van der Waals surface area contributed by atoms with Gasteiger partial charge in [-0.15, -0.1) is 0 Å². The van der Waals surface area contributed by atoms with Crippen molar-refractivity contribution in [3.05, 3.63) is 67.1 Å². The minimum absolute atomic E-state index is 0.0530. The molecule has 0 bridgehead atoms. The summed E-state index contributed by atoms with van der Waals surface area (Å²) < 4.78 is 5.00. The van der Waals surface area contributed by atoms with Crippen molar-refractivity contribution < 1.29 is 23.9 Å². The number of hydrogen-bond acceptors (Lipinski definition) is 5. The molecule has 6 nitrogen and oxygen atoms in total. The summed E-state index contributed by atoms with van der Waals surface area (Å²) in [6, 6.07) is 8.55. The van der Waals surface area contributed by atoms with Crippen molar-refractivity contribution >= 4 is 70.0 Å². The largest absolute Gasteiger partial charge is 0.457 e. The van der Waals surface area contributed by atoms with Crippen LogP contribution in [0, 0.1) is 0 Å². The molecule has 0 spiro atoms. The van der Waals surface area contributed by atoms with Crippen molar-refractivity contribution in [2.45, 2.75) is 25.7 Å². The summed E-state index contributed by atoms with van der Waals surface area (Å²) in [6.45, 7) is -0.194. The maximum absolute atomic E-state index is 12.6. The number of ether oxygens (including phenoxy) is 1. The molecule has 0 saturated carbocycles. The Kier molecular flexibility index (Phi) is 8.17. The Morgan fingerprint density at radius 2 is 1.34 bits per heavy atom. The van der Waals surface area contributed by atoms with Crippen LogP contribution in [0.1, 0.15) is 56.8 Å². The summed E-state index contributed by atoms with van der Waals surface area (Å²) in [4.78, 5) is 50.1. The number of benzene rings is 2. The van der Waals surface area contributed by atoms with Crippen LogP contribution in [-0.2, 0) is 9.53 Å². The predicted octanol–water partition coefficient (Wildman–Crippen LogP) is 5.88. The highest BCUT2D eigenvalue weighted by Gasteiger charge is 2.41. The zero-order valence-corrected chi connectivity index (χ0v) is 19.7. The molecular weight excluding hydrogens is 500 g/mol. The molecule has 2 aromatic rings. The van der Waals surface area contributed by atoms with Crippen molar-refractivity contribution in [3.63, 3.8) is 0 Å². The third kappa shape index (κ3) is 5.09. The van der Waals surface area contributed by atoms with Crippen LogP contribution < -0.4 is 0 Å². The number of halogens is 4. The molecule has 1 aliphatic heterocycles. The van der Waals surface area contributed by atoms with Crippen LogP contribution in [0.3, 0.4) is 0 Å². The number of carbonyl (C=O) groups is 4. The van der Waals surface area contributed by atoms with Crippen LogP contribution >= 0.6 is 46.4 Å². The zero-order chi connectivity index (χ0) is 23.4. The molecule has 1 heterocycles. The van der Waals surface area contributed by atoms with Gasteiger partial charge in [0.15, 0.2) is 12.4 Å². The lowest BCUT2D eigenvalue weighted by atomic mass is 10.1. The van der Waals surface area contributed by atoms with Gasteiger partial charge in [0.1, 0.15) is 0 Å². The Balaban J connectivity index is 1.44.